The average molecular weight is 505 g/mol. The van der Waals surface area contributed by atoms with E-state index in [-0.39, 0.29) is 12.7 Å². The van der Waals surface area contributed by atoms with Crippen LogP contribution in [0.1, 0.15) is 39.5 Å². The first-order chi connectivity index (χ1) is 16.3. The predicted molar refractivity (Wildman–Crippen MR) is 138 cm³/mol. The number of benzene rings is 2. The van der Waals surface area contributed by atoms with E-state index in [4.69, 9.17) is 4.74 Å². The molecule has 0 radical (unpaired) electrons. The van der Waals surface area contributed by atoms with E-state index in [1.165, 1.54) is 18.0 Å². The first kappa shape index (κ1) is 25.4. The van der Waals surface area contributed by atoms with Crippen LogP contribution in [0.15, 0.2) is 51.1 Å². The monoisotopic (exact) mass is 504 g/mol. The number of nitrogens with zero attached hydrogens (tertiary/aromatic N) is 2. The van der Waals surface area contributed by atoms with Gasteiger partial charge < -0.3 is 19.6 Å². The van der Waals surface area contributed by atoms with Crippen molar-refractivity contribution < 1.29 is 18.3 Å². The van der Waals surface area contributed by atoms with E-state index in [1.54, 1.807) is 6.07 Å². The Labute approximate surface area is 208 Å². The fourth-order valence-corrected chi connectivity index (χ4v) is 7.29. The number of likely N-dealkylation sites (tertiary alicyclic amines) is 1. The Hall–Kier alpha value is -1.74. The second kappa shape index (κ2) is 10.9. The Bertz CT molecular complexity index is 1100. The molecular weight excluding hydrogens is 468 g/mol. The van der Waals surface area contributed by atoms with Crippen molar-refractivity contribution in [3.05, 3.63) is 36.4 Å². The maximum Gasteiger partial charge on any atom is 0.176 e. The van der Waals surface area contributed by atoms with Crippen LogP contribution in [-0.2, 0) is 9.84 Å². The standard InChI is InChI=1S/C26H36N2O4S2/c1-19(2)32-21-8-9-24-23(18-21)28(14-5-13-27-15-10-20(11-16-27)12-17-29)22-6-4-7-25(26(22)33-24)34(3,30)31/h4,6-9,18-20,29H,5,10-17H2,1-3H3. The number of ether oxygens (including phenoxy) is 1. The molecule has 2 heterocycles. The molecule has 1 saturated heterocycles. The minimum Gasteiger partial charge on any atom is -0.491 e. The quantitative estimate of drug-likeness (QED) is 0.517. The highest BCUT2D eigenvalue weighted by atomic mass is 32.2. The largest absolute Gasteiger partial charge is 0.491 e. The second-order valence-corrected chi connectivity index (χ2v) is 12.6. The van der Waals surface area contributed by atoms with Crippen LogP contribution >= 0.6 is 11.8 Å². The van der Waals surface area contributed by atoms with E-state index in [0.717, 1.165) is 78.8 Å². The Balaban J connectivity index is 1.56. The molecule has 1 N–H and O–H groups in total. The van der Waals surface area contributed by atoms with Gasteiger partial charge in [-0.25, -0.2) is 8.42 Å². The number of sulfone groups is 1. The van der Waals surface area contributed by atoms with Gasteiger partial charge >= 0.3 is 0 Å². The highest BCUT2D eigenvalue weighted by Gasteiger charge is 2.29. The van der Waals surface area contributed by atoms with Gasteiger partial charge in [0.2, 0.25) is 0 Å². The summed E-state index contributed by atoms with van der Waals surface area (Å²) in [4.78, 5) is 7.02. The first-order valence-corrected chi connectivity index (χ1v) is 14.9. The van der Waals surface area contributed by atoms with Gasteiger partial charge in [-0.15, -0.1) is 0 Å². The molecule has 0 amide bonds. The normalized spacial score (nSPS) is 17.0. The molecule has 0 bridgehead atoms. The van der Waals surface area contributed by atoms with Gasteiger partial charge in [-0.3, -0.25) is 0 Å². The summed E-state index contributed by atoms with van der Waals surface area (Å²) in [6.45, 7) is 8.29. The van der Waals surface area contributed by atoms with Crippen LogP contribution in [0.4, 0.5) is 11.4 Å². The Morgan fingerprint density at radius 1 is 1.12 bits per heavy atom. The number of fused-ring (bicyclic) bond motifs is 2. The molecular formula is C26H36N2O4S2. The molecule has 0 spiro atoms. The van der Waals surface area contributed by atoms with Gasteiger partial charge in [-0.1, -0.05) is 17.8 Å². The number of hydrogen-bond acceptors (Lipinski definition) is 7. The lowest BCUT2D eigenvalue weighted by molar-refractivity contribution is 0.158. The summed E-state index contributed by atoms with van der Waals surface area (Å²) < 4.78 is 31.0. The van der Waals surface area contributed by atoms with Gasteiger partial charge in [0.15, 0.2) is 9.84 Å². The summed E-state index contributed by atoms with van der Waals surface area (Å²) in [5.41, 5.74) is 2.02. The summed E-state index contributed by atoms with van der Waals surface area (Å²) in [5, 5.41) is 9.20. The maximum absolute atomic E-state index is 12.5. The van der Waals surface area contributed by atoms with E-state index < -0.39 is 9.84 Å². The van der Waals surface area contributed by atoms with E-state index in [1.807, 2.05) is 38.1 Å². The number of hydrogen-bond donors (Lipinski definition) is 1. The first-order valence-electron chi connectivity index (χ1n) is 12.2. The van der Waals surface area contributed by atoms with Crippen molar-refractivity contribution in [2.45, 2.75) is 60.3 Å². The number of rotatable bonds is 9. The average Bonchev–Trinajstić information content (AvgIpc) is 2.79. The molecule has 2 aromatic rings. The highest BCUT2D eigenvalue weighted by molar-refractivity contribution is 8.00. The SMILES string of the molecule is CC(C)Oc1ccc2c(c1)N(CCCN1CCC(CCO)CC1)c1cccc(S(C)(=O)=O)c1S2. The summed E-state index contributed by atoms with van der Waals surface area (Å²) in [5.74, 6) is 1.47. The summed E-state index contributed by atoms with van der Waals surface area (Å²) >= 11 is 1.53. The zero-order valence-corrected chi connectivity index (χ0v) is 22.0. The van der Waals surface area contributed by atoms with E-state index in [0.29, 0.717) is 10.8 Å². The number of anilines is 2. The molecule has 0 aromatic heterocycles. The summed E-state index contributed by atoms with van der Waals surface area (Å²) in [6, 6.07) is 11.7. The fourth-order valence-electron chi connectivity index (χ4n) is 4.87. The van der Waals surface area contributed by atoms with Crippen molar-refractivity contribution in [1.82, 2.24) is 4.90 Å². The lowest BCUT2D eigenvalue weighted by Crippen LogP contribution is -2.36. The summed E-state index contributed by atoms with van der Waals surface area (Å²) in [7, 11) is -3.34. The molecule has 0 saturated carbocycles. The molecule has 186 valence electrons. The van der Waals surface area contributed by atoms with E-state index in [9.17, 15) is 13.5 Å². The van der Waals surface area contributed by atoms with E-state index >= 15 is 0 Å². The third kappa shape index (κ3) is 5.90. The lowest BCUT2D eigenvalue weighted by Gasteiger charge is -2.35. The summed E-state index contributed by atoms with van der Waals surface area (Å²) in [6.07, 6.45) is 5.56. The van der Waals surface area contributed by atoms with E-state index in [2.05, 4.69) is 15.9 Å². The van der Waals surface area contributed by atoms with Gasteiger partial charge in [-0.2, -0.15) is 0 Å². The maximum atomic E-state index is 12.5. The molecule has 2 aliphatic heterocycles. The predicted octanol–water partition coefficient (Wildman–Crippen LogP) is 4.96. The zero-order valence-electron chi connectivity index (χ0n) is 20.4. The minimum atomic E-state index is -3.34. The molecule has 0 atom stereocenters. The third-order valence-electron chi connectivity index (χ3n) is 6.55. The molecule has 4 rings (SSSR count). The van der Waals surface area contributed by atoms with Crippen LogP contribution in [0.25, 0.3) is 0 Å². The van der Waals surface area contributed by atoms with Crippen molar-refractivity contribution in [2.75, 3.05) is 43.9 Å². The fraction of sp³-hybridized carbons (Fsp3) is 0.538. The second-order valence-electron chi connectivity index (χ2n) is 9.58. The van der Waals surface area contributed by atoms with Gasteiger partial charge in [0.1, 0.15) is 5.75 Å². The van der Waals surface area contributed by atoms with Crippen molar-refractivity contribution in [3.63, 3.8) is 0 Å². The molecule has 0 unspecified atom stereocenters. The molecule has 2 aromatic carbocycles. The Morgan fingerprint density at radius 3 is 2.56 bits per heavy atom. The van der Waals surface area contributed by atoms with Crippen LogP contribution in [0, 0.1) is 5.92 Å². The smallest absolute Gasteiger partial charge is 0.176 e. The van der Waals surface area contributed by atoms with Gasteiger partial charge in [-0.05, 0) is 89.3 Å². The Kier molecular flexibility index (Phi) is 8.12. The van der Waals surface area contributed by atoms with Crippen molar-refractivity contribution >= 4 is 33.0 Å². The number of piperidine rings is 1. The van der Waals surface area contributed by atoms with Crippen molar-refractivity contribution in [3.8, 4) is 5.75 Å². The molecule has 6 nitrogen and oxygen atoms in total. The number of aliphatic hydroxyl groups is 1. The number of aliphatic hydroxyl groups excluding tert-OH is 1. The lowest BCUT2D eigenvalue weighted by atomic mass is 9.94. The highest BCUT2D eigenvalue weighted by Crippen LogP contribution is 2.51. The van der Waals surface area contributed by atoms with Gasteiger partial charge in [0, 0.05) is 30.4 Å². The van der Waals surface area contributed by atoms with Crippen LogP contribution in [0.5, 0.6) is 5.75 Å². The van der Waals surface area contributed by atoms with Gasteiger partial charge in [0.05, 0.1) is 27.3 Å². The Morgan fingerprint density at radius 2 is 1.88 bits per heavy atom. The zero-order chi connectivity index (χ0) is 24.3. The van der Waals surface area contributed by atoms with Crippen molar-refractivity contribution in [1.29, 1.82) is 0 Å². The molecule has 0 aliphatic carbocycles. The van der Waals surface area contributed by atoms with Crippen LogP contribution < -0.4 is 9.64 Å². The van der Waals surface area contributed by atoms with Crippen LogP contribution in [0.3, 0.4) is 0 Å². The minimum absolute atomic E-state index is 0.0839. The molecule has 1 fully saturated rings. The molecule has 8 heteroatoms. The van der Waals surface area contributed by atoms with Crippen molar-refractivity contribution in [2.24, 2.45) is 5.92 Å². The van der Waals surface area contributed by atoms with Crippen LogP contribution in [0.2, 0.25) is 0 Å². The third-order valence-corrected chi connectivity index (χ3v) is 9.02. The van der Waals surface area contributed by atoms with Crippen LogP contribution in [-0.4, -0.2) is 63.6 Å². The molecule has 2 aliphatic rings. The topological polar surface area (TPSA) is 70.1 Å². The van der Waals surface area contributed by atoms with Gasteiger partial charge in [0.25, 0.3) is 0 Å². The molecule has 34 heavy (non-hydrogen) atoms.